The third-order valence-electron chi connectivity index (χ3n) is 3.41. The first-order valence-corrected chi connectivity index (χ1v) is 7.53. The highest BCUT2D eigenvalue weighted by atomic mass is 16.5. The van der Waals surface area contributed by atoms with Gasteiger partial charge in [0.15, 0.2) is 6.61 Å². The highest BCUT2D eigenvalue weighted by Gasteiger charge is 2.17. The summed E-state index contributed by atoms with van der Waals surface area (Å²) in [4.78, 5) is 35.3. The van der Waals surface area contributed by atoms with Crippen molar-refractivity contribution in [2.45, 2.75) is 0 Å². The molecule has 0 aliphatic heterocycles. The van der Waals surface area contributed by atoms with Gasteiger partial charge in [0.1, 0.15) is 11.5 Å². The molecule has 0 radical (unpaired) electrons. The summed E-state index contributed by atoms with van der Waals surface area (Å²) in [6.07, 6.45) is 0. The number of amides is 2. The van der Waals surface area contributed by atoms with E-state index in [4.69, 9.17) is 19.9 Å². The molecule has 2 rings (SSSR count). The summed E-state index contributed by atoms with van der Waals surface area (Å²) in [5.74, 6) is -0.334. The SMILES string of the molecule is COc1ccc(OC)c(C(=O)COC(=O)c2cccc(NC(N)=O)c2)c1. The van der Waals surface area contributed by atoms with Crippen molar-refractivity contribution in [2.24, 2.45) is 5.73 Å². The maximum Gasteiger partial charge on any atom is 0.338 e. The predicted molar refractivity (Wildman–Crippen MR) is 93.8 cm³/mol. The van der Waals surface area contributed by atoms with Gasteiger partial charge in [0.25, 0.3) is 0 Å². The number of methoxy groups -OCH3 is 2. The molecule has 2 aromatic rings. The highest BCUT2D eigenvalue weighted by molar-refractivity contribution is 6.02. The first-order chi connectivity index (χ1) is 12.4. The minimum absolute atomic E-state index is 0.168. The Hall–Kier alpha value is -3.55. The Bertz CT molecular complexity index is 834. The van der Waals surface area contributed by atoms with Gasteiger partial charge in [-0.1, -0.05) is 6.07 Å². The number of nitrogens with two attached hydrogens (primary N) is 1. The summed E-state index contributed by atoms with van der Waals surface area (Å²) in [5.41, 5.74) is 5.78. The van der Waals surface area contributed by atoms with E-state index in [1.807, 2.05) is 0 Å². The van der Waals surface area contributed by atoms with Crippen molar-refractivity contribution >= 4 is 23.5 Å². The van der Waals surface area contributed by atoms with Gasteiger partial charge >= 0.3 is 12.0 Å². The van der Waals surface area contributed by atoms with Crippen molar-refractivity contribution in [3.63, 3.8) is 0 Å². The zero-order valence-corrected chi connectivity index (χ0v) is 14.3. The number of esters is 1. The van der Waals surface area contributed by atoms with E-state index < -0.39 is 24.4 Å². The second-order valence-corrected chi connectivity index (χ2v) is 5.14. The molecule has 0 heterocycles. The average Bonchev–Trinajstić information content (AvgIpc) is 2.64. The topological polar surface area (TPSA) is 117 Å². The summed E-state index contributed by atoms with van der Waals surface area (Å²) in [6.45, 7) is -0.476. The number of urea groups is 1. The van der Waals surface area contributed by atoms with Crippen molar-refractivity contribution in [2.75, 3.05) is 26.1 Å². The van der Waals surface area contributed by atoms with E-state index in [9.17, 15) is 14.4 Å². The predicted octanol–water partition coefficient (Wildman–Crippen LogP) is 2.23. The van der Waals surface area contributed by atoms with Gasteiger partial charge in [-0.15, -0.1) is 0 Å². The number of carbonyl (C=O) groups is 3. The van der Waals surface area contributed by atoms with Gasteiger partial charge in [-0.3, -0.25) is 4.79 Å². The first kappa shape index (κ1) is 18.8. The molecule has 2 aromatic carbocycles. The monoisotopic (exact) mass is 358 g/mol. The van der Waals surface area contributed by atoms with Gasteiger partial charge in [0.2, 0.25) is 5.78 Å². The number of nitrogens with one attached hydrogen (secondary N) is 1. The molecule has 0 saturated heterocycles. The lowest BCUT2D eigenvalue weighted by molar-refractivity contribution is 0.0474. The van der Waals surface area contributed by atoms with E-state index >= 15 is 0 Å². The number of benzene rings is 2. The zero-order chi connectivity index (χ0) is 19.1. The molecule has 0 spiro atoms. The number of Topliss-reactive ketones (excluding diaryl/α,β-unsaturated/α-hetero) is 1. The fourth-order valence-corrected chi connectivity index (χ4v) is 2.19. The van der Waals surface area contributed by atoms with Crippen LogP contribution in [-0.2, 0) is 4.74 Å². The molecular weight excluding hydrogens is 340 g/mol. The van der Waals surface area contributed by atoms with Gasteiger partial charge in [-0.05, 0) is 36.4 Å². The molecule has 0 aliphatic carbocycles. The Morgan fingerprint density at radius 1 is 1.04 bits per heavy atom. The van der Waals surface area contributed by atoms with E-state index in [1.54, 1.807) is 24.3 Å². The molecule has 0 fully saturated rings. The highest BCUT2D eigenvalue weighted by Crippen LogP contribution is 2.24. The Balaban J connectivity index is 2.07. The fourth-order valence-electron chi connectivity index (χ4n) is 2.19. The summed E-state index contributed by atoms with van der Waals surface area (Å²) in [7, 11) is 2.91. The van der Waals surface area contributed by atoms with E-state index in [-0.39, 0.29) is 11.1 Å². The van der Waals surface area contributed by atoms with Gasteiger partial charge in [-0.2, -0.15) is 0 Å². The molecule has 0 bridgehead atoms. The number of primary amides is 1. The Morgan fingerprint density at radius 2 is 1.81 bits per heavy atom. The second-order valence-electron chi connectivity index (χ2n) is 5.14. The summed E-state index contributed by atoms with van der Waals surface area (Å²) < 4.78 is 15.3. The lowest BCUT2D eigenvalue weighted by atomic mass is 10.1. The fraction of sp³-hybridized carbons (Fsp3) is 0.167. The lowest BCUT2D eigenvalue weighted by Crippen LogP contribution is -2.19. The third kappa shape index (κ3) is 4.73. The standard InChI is InChI=1S/C18H18N2O6/c1-24-13-6-7-16(25-2)14(9-13)15(21)10-26-17(22)11-4-3-5-12(8-11)20-18(19)23/h3-9H,10H2,1-2H3,(H3,19,20,23). The van der Waals surface area contributed by atoms with Crippen LogP contribution in [0.1, 0.15) is 20.7 Å². The molecule has 3 N–H and O–H groups in total. The van der Waals surface area contributed by atoms with Crippen LogP contribution in [0, 0.1) is 0 Å². The number of carbonyl (C=O) groups excluding carboxylic acids is 3. The molecule has 26 heavy (non-hydrogen) atoms. The number of hydrogen-bond acceptors (Lipinski definition) is 6. The van der Waals surface area contributed by atoms with E-state index in [0.29, 0.717) is 17.2 Å². The molecule has 0 atom stereocenters. The number of anilines is 1. The van der Waals surface area contributed by atoms with Gasteiger partial charge in [-0.25, -0.2) is 9.59 Å². The Labute approximate surface area is 149 Å². The third-order valence-corrected chi connectivity index (χ3v) is 3.41. The van der Waals surface area contributed by atoms with Crippen molar-refractivity contribution in [3.05, 3.63) is 53.6 Å². The van der Waals surface area contributed by atoms with Gasteiger partial charge < -0.3 is 25.3 Å². The quantitative estimate of drug-likeness (QED) is 0.579. The summed E-state index contributed by atoms with van der Waals surface area (Å²) in [6, 6.07) is 9.99. The van der Waals surface area contributed by atoms with Gasteiger partial charge in [0, 0.05) is 5.69 Å². The van der Waals surface area contributed by atoms with Crippen LogP contribution in [0.2, 0.25) is 0 Å². The van der Waals surface area contributed by atoms with Crippen LogP contribution in [0.25, 0.3) is 0 Å². The minimum Gasteiger partial charge on any atom is -0.497 e. The number of rotatable bonds is 7. The maximum absolute atomic E-state index is 12.4. The molecule has 136 valence electrons. The van der Waals surface area contributed by atoms with E-state index in [2.05, 4.69) is 5.32 Å². The van der Waals surface area contributed by atoms with Crippen LogP contribution < -0.4 is 20.5 Å². The molecule has 0 aliphatic rings. The van der Waals surface area contributed by atoms with Gasteiger partial charge in [0.05, 0.1) is 25.3 Å². The van der Waals surface area contributed by atoms with Crippen LogP contribution in [0.5, 0.6) is 11.5 Å². The lowest BCUT2D eigenvalue weighted by Gasteiger charge is -2.10. The normalized spacial score (nSPS) is 9.92. The van der Waals surface area contributed by atoms with Crippen LogP contribution in [0.4, 0.5) is 10.5 Å². The summed E-state index contributed by atoms with van der Waals surface area (Å²) in [5, 5.41) is 2.35. The molecule has 2 amide bonds. The maximum atomic E-state index is 12.4. The Kier molecular flexibility index (Phi) is 6.15. The van der Waals surface area contributed by atoms with Crippen molar-refractivity contribution in [1.29, 1.82) is 0 Å². The van der Waals surface area contributed by atoms with Crippen LogP contribution in [0.15, 0.2) is 42.5 Å². The summed E-state index contributed by atoms with van der Waals surface area (Å²) >= 11 is 0. The van der Waals surface area contributed by atoms with Crippen LogP contribution in [-0.4, -0.2) is 38.6 Å². The van der Waals surface area contributed by atoms with Crippen LogP contribution >= 0.6 is 0 Å². The molecule has 0 saturated carbocycles. The smallest absolute Gasteiger partial charge is 0.338 e. The first-order valence-electron chi connectivity index (χ1n) is 7.53. The molecular formula is C18H18N2O6. The number of ketones is 1. The number of ether oxygens (including phenoxy) is 3. The van der Waals surface area contributed by atoms with Crippen molar-refractivity contribution in [1.82, 2.24) is 0 Å². The molecule has 0 unspecified atom stereocenters. The molecule has 8 nitrogen and oxygen atoms in total. The molecule has 8 heteroatoms. The van der Waals surface area contributed by atoms with E-state index in [1.165, 1.54) is 32.4 Å². The van der Waals surface area contributed by atoms with E-state index in [0.717, 1.165) is 0 Å². The zero-order valence-electron chi connectivity index (χ0n) is 14.3. The minimum atomic E-state index is -0.754. The molecule has 0 aromatic heterocycles. The second kappa shape index (κ2) is 8.52. The van der Waals surface area contributed by atoms with Crippen molar-refractivity contribution in [3.8, 4) is 11.5 Å². The van der Waals surface area contributed by atoms with Crippen molar-refractivity contribution < 1.29 is 28.6 Å². The average molecular weight is 358 g/mol. The Morgan fingerprint density at radius 3 is 2.46 bits per heavy atom. The van der Waals surface area contributed by atoms with Crippen LogP contribution in [0.3, 0.4) is 0 Å². The number of hydrogen-bond donors (Lipinski definition) is 2. The largest absolute Gasteiger partial charge is 0.497 e.